The Labute approximate surface area is 58.7 Å². The van der Waals surface area contributed by atoms with E-state index < -0.39 is 6.03 Å². The normalized spacial score (nSPS) is 15.8. The van der Waals surface area contributed by atoms with Crippen molar-refractivity contribution in [1.29, 1.82) is 0 Å². The van der Waals surface area contributed by atoms with Crippen LogP contribution in [0.1, 0.15) is 0 Å². The van der Waals surface area contributed by atoms with E-state index in [1.54, 1.807) is 6.54 Å². The number of rotatable bonds is 2. The van der Waals surface area contributed by atoms with E-state index in [1.807, 2.05) is 0 Å². The number of primary amides is 1. The van der Waals surface area contributed by atoms with Crippen LogP contribution in [0, 0.1) is 6.54 Å². The van der Waals surface area contributed by atoms with E-state index in [0.717, 1.165) is 12.4 Å². The lowest BCUT2D eigenvalue weighted by molar-refractivity contribution is 0.250. The summed E-state index contributed by atoms with van der Waals surface area (Å²) in [5.41, 5.74) is 4.83. The van der Waals surface area contributed by atoms with Crippen molar-refractivity contribution in [3.05, 3.63) is 6.54 Å². The number of urea groups is 1. The molecule has 4 N–H and O–H groups in total. The van der Waals surface area contributed by atoms with Crippen molar-refractivity contribution < 1.29 is 4.79 Å². The van der Waals surface area contributed by atoms with E-state index in [-0.39, 0.29) is 0 Å². The predicted octanol–water partition coefficient (Wildman–Crippen LogP) is -1.18. The second kappa shape index (κ2) is 3.05. The SMILES string of the molecule is NC(=O)NCC1=N[CH]CN1. The summed E-state index contributed by atoms with van der Waals surface area (Å²) in [5, 5.41) is 5.35. The maximum Gasteiger partial charge on any atom is 0.312 e. The number of amidine groups is 1. The molecule has 0 bridgehead atoms. The fraction of sp³-hybridized carbons (Fsp3) is 0.400. The van der Waals surface area contributed by atoms with Crippen molar-refractivity contribution in [2.75, 3.05) is 13.1 Å². The van der Waals surface area contributed by atoms with Crippen LogP contribution in [0.2, 0.25) is 0 Å². The second-order valence-electron chi connectivity index (χ2n) is 1.86. The molecule has 0 saturated heterocycles. The van der Waals surface area contributed by atoms with E-state index in [1.165, 1.54) is 0 Å². The molecule has 55 valence electrons. The number of nitrogens with one attached hydrogen (secondary N) is 2. The largest absolute Gasteiger partial charge is 0.370 e. The molecular formula is C5H9N4O. The second-order valence-corrected chi connectivity index (χ2v) is 1.86. The molecule has 0 fully saturated rings. The summed E-state index contributed by atoms with van der Waals surface area (Å²) in [5.74, 6) is 0.749. The van der Waals surface area contributed by atoms with Gasteiger partial charge < -0.3 is 16.4 Å². The zero-order valence-electron chi connectivity index (χ0n) is 5.42. The first-order valence-electron chi connectivity index (χ1n) is 2.94. The average molecular weight is 141 g/mol. The van der Waals surface area contributed by atoms with Crippen molar-refractivity contribution in [3.63, 3.8) is 0 Å². The Morgan fingerprint density at radius 1 is 2.00 bits per heavy atom. The smallest absolute Gasteiger partial charge is 0.312 e. The minimum absolute atomic E-state index is 0.381. The Morgan fingerprint density at radius 2 is 2.80 bits per heavy atom. The van der Waals surface area contributed by atoms with E-state index in [2.05, 4.69) is 15.6 Å². The predicted molar refractivity (Wildman–Crippen MR) is 37.3 cm³/mol. The molecular weight excluding hydrogens is 132 g/mol. The number of aliphatic imine (C=N–C) groups is 1. The number of amides is 2. The summed E-state index contributed by atoms with van der Waals surface area (Å²) >= 11 is 0. The topological polar surface area (TPSA) is 79.5 Å². The zero-order valence-corrected chi connectivity index (χ0v) is 5.42. The highest BCUT2D eigenvalue weighted by Gasteiger charge is 2.04. The van der Waals surface area contributed by atoms with Gasteiger partial charge in [-0.05, 0) is 0 Å². The van der Waals surface area contributed by atoms with Crippen LogP contribution in [-0.2, 0) is 0 Å². The van der Waals surface area contributed by atoms with Crippen molar-refractivity contribution in [2.24, 2.45) is 10.7 Å². The van der Waals surface area contributed by atoms with Gasteiger partial charge in [-0.2, -0.15) is 0 Å². The lowest BCUT2D eigenvalue weighted by Gasteiger charge is -2.00. The first-order chi connectivity index (χ1) is 4.79. The van der Waals surface area contributed by atoms with E-state index in [0.29, 0.717) is 6.54 Å². The van der Waals surface area contributed by atoms with Crippen LogP contribution in [-0.4, -0.2) is 25.0 Å². The fourth-order valence-electron chi connectivity index (χ4n) is 0.644. The molecule has 1 heterocycles. The highest BCUT2D eigenvalue weighted by atomic mass is 16.2. The van der Waals surface area contributed by atoms with Gasteiger partial charge in [-0.15, -0.1) is 0 Å². The molecule has 0 aromatic carbocycles. The van der Waals surface area contributed by atoms with Gasteiger partial charge in [-0.3, -0.25) is 4.99 Å². The summed E-state index contributed by atoms with van der Waals surface area (Å²) in [6.07, 6.45) is 0. The minimum Gasteiger partial charge on any atom is -0.370 e. The molecule has 0 aromatic rings. The quantitative estimate of drug-likeness (QED) is 0.452. The highest BCUT2D eigenvalue weighted by molar-refractivity contribution is 5.89. The van der Waals surface area contributed by atoms with Crippen LogP contribution in [0.25, 0.3) is 0 Å². The number of hydrogen-bond acceptors (Lipinski definition) is 3. The Hall–Kier alpha value is -1.26. The molecule has 1 radical (unpaired) electrons. The lowest BCUT2D eigenvalue weighted by atomic mass is 10.6. The Morgan fingerprint density at radius 3 is 3.30 bits per heavy atom. The van der Waals surface area contributed by atoms with Crippen LogP contribution < -0.4 is 16.4 Å². The van der Waals surface area contributed by atoms with E-state index >= 15 is 0 Å². The Balaban J connectivity index is 2.19. The molecule has 1 aliphatic heterocycles. The maximum absolute atomic E-state index is 10.2. The lowest BCUT2D eigenvalue weighted by Crippen LogP contribution is -2.37. The third-order valence-corrected chi connectivity index (χ3v) is 1.07. The van der Waals surface area contributed by atoms with Gasteiger partial charge in [0.05, 0.1) is 13.1 Å². The van der Waals surface area contributed by atoms with Gasteiger partial charge in [0.15, 0.2) is 0 Å². The van der Waals surface area contributed by atoms with Gasteiger partial charge in [0.2, 0.25) is 0 Å². The zero-order chi connectivity index (χ0) is 7.40. The van der Waals surface area contributed by atoms with Crippen LogP contribution in [0.15, 0.2) is 4.99 Å². The van der Waals surface area contributed by atoms with Crippen LogP contribution >= 0.6 is 0 Å². The Bertz CT molecular complexity index is 165. The van der Waals surface area contributed by atoms with Crippen LogP contribution in [0.5, 0.6) is 0 Å². The molecule has 0 unspecified atom stereocenters. The van der Waals surface area contributed by atoms with E-state index in [9.17, 15) is 4.79 Å². The third kappa shape index (κ3) is 1.93. The molecule has 0 saturated carbocycles. The third-order valence-electron chi connectivity index (χ3n) is 1.07. The van der Waals surface area contributed by atoms with Crippen molar-refractivity contribution >= 4 is 11.9 Å². The molecule has 0 spiro atoms. The molecule has 0 aromatic heterocycles. The Kier molecular flexibility index (Phi) is 2.09. The van der Waals surface area contributed by atoms with E-state index in [4.69, 9.17) is 5.73 Å². The fourth-order valence-corrected chi connectivity index (χ4v) is 0.644. The van der Waals surface area contributed by atoms with Crippen LogP contribution in [0.4, 0.5) is 4.79 Å². The number of nitrogens with two attached hydrogens (primary N) is 1. The molecule has 5 heteroatoms. The molecule has 5 nitrogen and oxygen atoms in total. The van der Waals surface area contributed by atoms with Gasteiger partial charge >= 0.3 is 6.03 Å². The minimum atomic E-state index is -0.531. The van der Waals surface area contributed by atoms with Gasteiger partial charge in [0, 0.05) is 6.54 Å². The summed E-state index contributed by atoms with van der Waals surface area (Å²) in [7, 11) is 0. The van der Waals surface area contributed by atoms with Gasteiger partial charge in [0.25, 0.3) is 0 Å². The number of hydrogen-bond donors (Lipinski definition) is 3. The number of carbonyl (C=O) groups excluding carboxylic acids is 1. The van der Waals surface area contributed by atoms with Crippen molar-refractivity contribution in [1.82, 2.24) is 10.6 Å². The average Bonchev–Trinajstić information content (AvgIpc) is 2.34. The first-order valence-corrected chi connectivity index (χ1v) is 2.94. The number of carbonyl (C=O) groups is 1. The molecule has 10 heavy (non-hydrogen) atoms. The summed E-state index contributed by atoms with van der Waals surface area (Å²) in [6, 6.07) is -0.531. The number of nitrogens with zero attached hydrogens (tertiary/aromatic N) is 1. The molecule has 0 aliphatic carbocycles. The molecule has 1 rings (SSSR count). The maximum atomic E-state index is 10.2. The first kappa shape index (κ1) is 6.85. The summed E-state index contributed by atoms with van der Waals surface area (Å²) in [6.45, 7) is 2.85. The molecule has 0 atom stereocenters. The highest BCUT2D eigenvalue weighted by Crippen LogP contribution is 1.87. The standard InChI is InChI=1S/C5H9N4O/c6-5(10)9-3-4-7-1-2-8-4/h1H,2-3H2,(H,7,8)(H3,6,9,10). The van der Waals surface area contributed by atoms with Crippen LogP contribution in [0.3, 0.4) is 0 Å². The van der Waals surface area contributed by atoms with Gasteiger partial charge in [0.1, 0.15) is 5.84 Å². The summed E-state index contributed by atoms with van der Waals surface area (Å²) < 4.78 is 0. The van der Waals surface area contributed by atoms with Gasteiger partial charge in [-0.25, -0.2) is 4.79 Å². The monoisotopic (exact) mass is 141 g/mol. The van der Waals surface area contributed by atoms with Crippen molar-refractivity contribution in [3.8, 4) is 0 Å². The molecule has 2 amide bonds. The molecule has 1 aliphatic rings. The van der Waals surface area contributed by atoms with Crippen molar-refractivity contribution in [2.45, 2.75) is 0 Å². The summed E-state index contributed by atoms with van der Waals surface area (Å²) in [4.78, 5) is 14.1. The van der Waals surface area contributed by atoms with Gasteiger partial charge in [-0.1, -0.05) is 0 Å².